The second-order valence-electron chi connectivity index (χ2n) is 11.6. The standard InChI is InChI=1S/C30H38N2/c1-19-9-20(2)11-24(10-19)29-26(5-3-4-8-31)27-15-25(6-7-28(27)32-29)30-16-21-12-22(17-30)14-23(13-21)18-30/h6-7,9-11,15,21-23,32H,3-5,8,12-14,16-18,31H2,1-2H3. The highest BCUT2D eigenvalue weighted by atomic mass is 14.7. The highest BCUT2D eigenvalue weighted by Crippen LogP contribution is 2.61. The van der Waals surface area contributed by atoms with Crippen molar-refractivity contribution in [1.82, 2.24) is 4.98 Å². The molecule has 2 heteroatoms. The van der Waals surface area contributed by atoms with Crippen molar-refractivity contribution in [3.05, 3.63) is 58.7 Å². The summed E-state index contributed by atoms with van der Waals surface area (Å²) in [5.74, 6) is 2.95. The molecule has 0 aliphatic heterocycles. The predicted octanol–water partition coefficient (Wildman–Crippen LogP) is 7.20. The topological polar surface area (TPSA) is 41.8 Å². The van der Waals surface area contributed by atoms with E-state index in [1.807, 2.05) is 0 Å². The van der Waals surface area contributed by atoms with E-state index in [0.29, 0.717) is 5.41 Å². The summed E-state index contributed by atoms with van der Waals surface area (Å²) >= 11 is 0. The van der Waals surface area contributed by atoms with E-state index in [9.17, 15) is 0 Å². The number of fused-ring (bicyclic) bond motifs is 1. The fraction of sp³-hybridized carbons (Fsp3) is 0.533. The molecule has 4 bridgehead atoms. The average molecular weight is 427 g/mol. The molecule has 4 saturated carbocycles. The van der Waals surface area contributed by atoms with Crippen LogP contribution in [0.25, 0.3) is 22.2 Å². The number of aryl methyl sites for hydroxylation is 3. The number of aromatic nitrogens is 1. The molecule has 32 heavy (non-hydrogen) atoms. The van der Waals surface area contributed by atoms with E-state index in [4.69, 9.17) is 5.73 Å². The Kier molecular flexibility index (Phi) is 4.98. The fourth-order valence-electron chi connectivity index (χ4n) is 8.11. The molecular weight excluding hydrogens is 388 g/mol. The molecule has 2 nitrogen and oxygen atoms in total. The number of hydrogen-bond acceptors (Lipinski definition) is 1. The zero-order chi connectivity index (χ0) is 21.9. The van der Waals surface area contributed by atoms with E-state index in [-0.39, 0.29) is 0 Å². The Morgan fingerprint density at radius 1 is 0.875 bits per heavy atom. The van der Waals surface area contributed by atoms with Gasteiger partial charge in [-0.2, -0.15) is 0 Å². The lowest BCUT2D eigenvalue weighted by Crippen LogP contribution is -2.48. The Bertz CT molecular complexity index is 1100. The molecule has 0 atom stereocenters. The number of rotatable bonds is 6. The molecule has 3 N–H and O–H groups in total. The molecule has 0 amide bonds. The second-order valence-corrected chi connectivity index (χ2v) is 11.6. The highest BCUT2D eigenvalue weighted by Gasteiger charge is 2.51. The van der Waals surface area contributed by atoms with Gasteiger partial charge in [0.2, 0.25) is 0 Å². The lowest BCUT2D eigenvalue weighted by atomic mass is 9.48. The third-order valence-corrected chi connectivity index (χ3v) is 8.95. The number of unbranched alkanes of at least 4 members (excludes halogenated alkanes) is 1. The summed E-state index contributed by atoms with van der Waals surface area (Å²) in [7, 11) is 0. The van der Waals surface area contributed by atoms with Crippen LogP contribution in [0.3, 0.4) is 0 Å². The minimum atomic E-state index is 0.453. The number of nitrogens with two attached hydrogens (primary N) is 1. The third-order valence-electron chi connectivity index (χ3n) is 8.95. The van der Waals surface area contributed by atoms with Gasteiger partial charge in [0.05, 0.1) is 0 Å². The van der Waals surface area contributed by atoms with Crippen molar-refractivity contribution >= 4 is 10.9 Å². The van der Waals surface area contributed by atoms with Crippen molar-refractivity contribution in [2.75, 3.05) is 6.54 Å². The van der Waals surface area contributed by atoms with E-state index in [1.165, 1.54) is 77.4 Å². The molecule has 4 aliphatic carbocycles. The van der Waals surface area contributed by atoms with Gasteiger partial charge in [-0.3, -0.25) is 0 Å². The van der Waals surface area contributed by atoms with Crippen LogP contribution in [0.1, 0.15) is 73.6 Å². The van der Waals surface area contributed by atoms with Crippen LogP contribution in [-0.2, 0) is 11.8 Å². The average Bonchev–Trinajstić information content (AvgIpc) is 3.10. The van der Waals surface area contributed by atoms with Gasteiger partial charge in [-0.05, 0) is 142 Å². The van der Waals surface area contributed by atoms with Gasteiger partial charge in [-0.25, -0.2) is 0 Å². The highest BCUT2D eigenvalue weighted by molar-refractivity contribution is 5.91. The van der Waals surface area contributed by atoms with Gasteiger partial charge in [-0.1, -0.05) is 23.3 Å². The van der Waals surface area contributed by atoms with Crippen LogP contribution in [0, 0.1) is 31.6 Å². The maximum atomic E-state index is 5.86. The summed E-state index contributed by atoms with van der Waals surface area (Å²) in [5.41, 5.74) is 16.1. The SMILES string of the molecule is Cc1cc(C)cc(-c2[nH]c3ccc(C45CC6CC(CC(C6)C4)C5)cc3c2CCCCN)c1. The third kappa shape index (κ3) is 3.43. The molecule has 7 rings (SSSR count). The van der Waals surface area contributed by atoms with Gasteiger partial charge < -0.3 is 10.7 Å². The Balaban J connectivity index is 1.46. The van der Waals surface area contributed by atoms with E-state index in [1.54, 1.807) is 5.56 Å². The van der Waals surface area contributed by atoms with E-state index in [2.05, 4.69) is 55.2 Å². The normalized spacial score (nSPS) is 28.7. The number of benzene rings is 2. The van der Waals surface area contributed by atoms with Crippen molar-refractivity contribution in [3.8, 4) is 11.3 Å². The molecule has 0 unspecified atom stereocenters. The fourth-order valence-corrected chi connectivity index (χ4v) is 8.11. The molecule has 2 aromatic carbocycles. The Morgan fingerprint density at radius 3 is 2.16 bits per heavy atom. The molecule has 4 fully saturated rings. The number of aromatic amines is 1. The lowest BCUT2D eigenvalue weighted by molar-refractivity contribution is -0.00513. The summed E-state index contributed by atoms with van der Waals surface area (Å²) in [6.45, 7) is 5.19. The van der Waals surface area contributed by atoms with Crippen LogP contribution in [-0.4, -0.2) is 11.5 Å². The molecular formula is C30H38N2. The minimum absolute atomic E-state index is 0.453. The summed E-state index contributed by atoms with van der Waals surface area (Å²) in [4.78, 5) is 3.83. The quantitative estimate of drug-likeness (QED) is 0.402. The van der Waals surface area contributed by atoms with E-state index in [0.717, 1.165) is 43.6 Å². The number of hydrogen-bond donors (Lipinski definition) is 2. The maximum Gasteiger partial charge on any atom is 0.0497 e. The van der Waals surface area contributed by atoms with Gasteiger partial charge in [0.25, 0.3) is 0 Å². The molecule has 1 aromatic heterocycles. The smallest absolute Gasteiger partial charge is 0.0497 e. The maximum absolute atomic E-state index is 5.86. The summed E-state index contributed by atoms with van der Waals surface area (Å²) in [6.07, 6.45) is 12.2. The van der Waals surface area contributed by atoms with Crippen LogP contribution in [0.5, 0.6) is 0 Å². The first kappa shape index (κ1) is 20.5. The summed E-state index contributed by atoms with van der Waals surface area (Å²) in [5, 5.41) is 1.46. The van der Waals surface area contributed by atoms with Gasteiger partial charge in [-0.15, -0.1) is 0 Å². The van der Waals surface area contributed by atoms with Gasteiger partial charge in [0.15, 0.2) is 0 Å². The number of H-pyrrole nitrogens is 1. The van der Waals surface area contributed by atoms with Crippen molar-refractivity contribution < 1.29 is 0 Å². The first-order chi connectivity index (χ1) is 15.5. The van der Waals surface area contributed by atoms with E-state index < -0.39 is 0 Å². The first-order valence-corrected chi connectivity index (χ1v) is 13.0. The van der Waals surface area contributed by atoms with Crippen LogP contribution in [0.2, 0.25) is 0 Å². The predicted molar refractivity (Wildman–Crippen MR) is 135 cm³/mol. The van der Waals surface area contributed by atoms with Crippen molar-refractivity contribution in [2.45, 2.75) is 77.0 Å². The van der Waals surface area contributed by atoms with Gasteiger partial charge in [0.1, 0.15) is 0 Å². The van der Waals surface area contributed by atoms with Crippen molar-refractivity contribution in [3.63, 3.8) is 0 Å². The number of nitrogens with one attached hydrogen (secondary N) is 1. The van der Waals surface area contributed by atoms with Crippen LogP contribution in [0.15, 0.2) is 36.4 Å². The van der Waals surface area contributed by atoms with Crippen LogP contribution < -0.4 is 5.73 Å². The Hall–Kier alpha value is -2.06. The molecule has 168 valence electrons. The zero-order valence-corrected chi connectivity index (χ0v) is 19.8. The Labute approximate surface area is 193 Å². The molecule has 0 radical (unpaired) electrons. The minimum Gasteiger partial charge on any atom is -0.354 e. The van der Waals surface area contributed by atoms with Gasteiger partial charge in [0, 0.05) is 16.6 Å². The molecule has 3 aromatic rings. The molecule has 4 aliphatic rings. The van der Waals surface area contributed by atoms with Crippen LogP contribution in [0.4, 0.5) is 0 Å². The van der Waals surface area contributed by atoms with Crippen molar-refractivity contribution in [2.24, 2.45) is 23.5 Å². The monoisotopic (exact) mass is 426 g/mol. The van der Waals surface area contributed by atoms with Gasteiger partial charge >= 0.3 is 0 Å². The van der Waals surface area contributed by atoms with Crippen molar-refractivity contribution in [1.29, 1.82) is 0 Å². The Morgan fingerprint density at radius 2 is 1.53 bits per heavy atom. The summed E-state index contributed by atoms with van der Waals surface area (Å²) < 4.78 is 0. The molecule has 0 saturated heterocycles. The first-order valence-electron chi connectivity index (χ1n) is 13.0. The lowest BCUT2D eigenvalue weighted by Gasteiger charge is -2.57. The second kappa shape index (κ2) is 7.76. The summed E-state index contributed by atoms with van der Waals surface area (Å²) in [6, 6.07) is 14.4. The van der Waals surface area contributed by atoms with Crippen LogP contribution >= 0.6 is 0 Å². The molecule has 0 spiro atoms. The van der Waals surface area contributed by atoms with E-state index >= 15 is 0 Å². The largest absolute Gasteiger partial charge is 0.354 e. The zero-order valence-electron chi connectivity index (χ0n) is 19.8. The molecule has 1 heterocycles.